The molecule has 0 aliphatic rings. The van der Waals surface area contributed by atoms with E-state index in [9.17, 15) is 13.2 Å². The van der Waals surface area contributed by atoms with Gasteiger partial charge >= 0.3 is 0 Å². The molecule has 8 nitrogen and oxygen atoms in total. The van der Waals surface area contributed by atoms with Crippen LogP contribution in [0.2, 0.25) is 0 Å². The number of nitrogens with zero attached hydrogens (tertiary/aromatic N) is 4. The van der Waals surface area contributed by atoms with Crippen LogP contribution in [0.3, 0.4) is 0 Å². The summed E-state index contributed by atoms with van der Waals surface area (Å²) in [5.74, 6) is -0.204. The summed E-state index contributed by atoms with van der Waals surface area (Å²) in [6, 6.07) is 14.0. The lowest BCUT2D eigenvalue weighted by atomic mass is 10.1. The molecule has 28 heavy (non-hydrogen) atoms. The molecule has 0 spiro atoms. The number of nitrogens with one attached hydrogen (secondary N) is 1. The topological polar surface area (TPSA) is 97.2 Å². The standard InChI is InChI=1S/C19H21N5O3S/c1-14(15-7-9-18(10-8-15)24-13-20-12-21-24)23(2)19(25)16-5-4-6-17(11-16)22-28(3,26)27/h4-14,22H,1-3H3. The Hall–Kier alpha value is -3.20. The van der Waals surface area contributed by atoms with Gasteiger partial charge < -0.3 is 4.90 Å². The SMILES string of the molecule is CC(c1ccc(-n2cncn2)cc1)N(C)C(=O)c1cccc(NS(C)(=O)=O)c1. The fraction of sp³-hybridized carbons (Fsp3) is 0.211. The first kappa shape index (κ1) is 19.6. The average molecular weight is 399 g/mol. The molecule has 3 aromatic rings. The summed E-state index contributed by atoms with van der Waals surface area (Å²) < 4.78 is 26.9. The highest BCUT2D eigenvalue weighted by atomic mass is 32.2. The van der Waals surface area contributed by atoms with Crippen LogP contribution >= 0.6 is 0 Å². The van der Waals surface area contributed by atoms with Crippen molar-refractivity contribution >= 4 is 21.6 Å². The van der Waals surface area contributed by atoms with Gasteiger partial charge in [-0.15, -0.1) is 0 Å². The molecule has 1 atom stereocenters. The molecule has 1 amide bonds. The third kappa shape index (κ3) is 4.55. The smallest absolute Gasteiger partial charge is 0.254 e. The monoisotopic (exact) mass is 399 g/mol. The van der Waals surface area contributed by atoms with E-state index in [1.165, 1.54) is 12.4 Å². The first-order valence-electron chi connectivity index (χ1n) is 8.54. The normalized spacial score (nSPS) is 12.4. The zero-order chi connectivity index (χ0) is 20.3. The Morgan fingerprint density at radius 2 is 1.89 bits per heavy atom. The maximum Gasteiger partial charge on any atom is 0.254 e. The van der Waals surface area contributed by atoms with Crippen molar-refractivity contribution in [2.45, 2.75) is 13.0 Å². The third-order valence-corrected chi connectivity index (χ3v) is 4.98. The Bertz CT molecular complexity index is 1060. The lowest BCUT2D eigenvalue weighted by Crippen LogP contribution is -2.29. The van der Waals surface area contributed by atoms with Gasteiger partial charge in [0.1, 0.15) is 12.7 Å². The van der Waals surface area contributed by atoms with Crippen LogP contribution in [0.15, 0.2) is 61.2 Å². The van der Waals surface area contributed by atoms with Gasteiger partial charge in [-0.05, 0) is 42.8 Å². The van der Waals surface area contributed by atoms with Crippen LogP contribution in [0.5, 0.6) is 0 Å². The Kier molecular flexibility index (Phi) is 5.46. The minimum atomic E-state index is -3.41. The van der Waals surface area contributed by atoms with Crippen LogP contribution in [-0.2, 0) is 10.0 Å². The maximum absolute atomic E-state index is 12.9. The summed E-state index contributed by atoms with van der Waals surface area (Å²) in [5.41, 5.74) is 2.60. The zero-order valence-corrected chi connectivity index (χ0v) is 16.6. The molecular weight excluding hydrogens is 378 g/mol. The number of benzene rings is 2. The number of hydrogen-bond acceptors (Lipinski definition) is 5. The van der Waals surface area contributed by atoms with Crippen molar-refractivity contribution < 1.29 is 13.2 Å². The molecule has 2 aromatic carbocycles. The minimum absolute atomic E-state index is 0.177. The lowest BCUT2D eigenvalue weighted by molar-refractivity contribution is 0.0742. The lowest BCUT2D eigenvalue weighted by Gasteiger charge is -2.26. The highest BCUT2D eigenvalue weighted by molar-refractivity contribution is 7.92. The van der Waals surface area contributed by atoms with Crippen molar-refractivity contribution in [3.63, 3.8) is 0 Å². The van der Waals surface area contributed by atoms with Crippen LogP contribution in [0, 0.1) is 0 Å². The highest BCUT2D eigenvalue weighted by Crippen LogP contribution is 2.23. The molecule has 1 N–H and O–H groups in total. The van der Waals surface area contributed by atoms with Gasteiger partial charge in [-0.1, -0.05) is 18.2 Å². The van der Waals surface area contributed by atoms with Crippen molar-refractivity contribution in [2.75, 3.05) is 18.0 Å². The second-order valence-electron chi connectivity index (χ2n) is 6.48. The van der Waals surface area contributed by atoms with E-state index >= 15 is 0 Å². The minimum Gasteiger partial charge on any atom is -0.335 e. The van der Waals surface area contributed by atoms with Gasteiger partial charge in [0.25, 0.3) is 5.91 Å². The van der Waals surface area contributed by atoms with Gasteiger partial charge in [-0.3, -0.25) is 9.52 Å². The molecule has 0 fully saturated rings. The van der Waals surface area contributed by atoms with Crippen LogP contribution < -0.4 is 4.72 Å². The van der Waals surface area contributed by atoms with E-state index in [4.69, 9.17) is 0 Å². The summed E-state index contributed by atoms with van der Waals surface area (Å²) in [4.78, 5) is 18.4. The zero-order valence-electron chi connectivity index (χ0n) is 15.8. The first-order chi connectivity index (χ1) is 13.2. The summed E-state index contributed by atoms with van der Waals surface area (Å²) >= 11 is 0. The summed E-state index contributed by atoms with van der Waals surface area (Å²) in [6.07, 6.45) is 4.15. The van der Waals surface area contributed by atoms with E-state index in [0.717, 1.165) is 17.5 Å². The molecule has 1 unspecified atom stereocenters. The van der Waals surface area contributed by atoms with Gasteiger partial charge in [0, 0.05) is 18.3 Å². The first-order valence-corrected chi connectivity index (χ1v) is 10.4. The van der Waals surface area contributed by atoms with Crippen LogP contribution in [0.4, 0.5) is 5.69 Å². The predicted octanol–water partition coefficient (Wildman–Crippen LogP) is 2.47. The molecule has 1 heterocycles. The van der Waals surface area contributed by atoms with Crippen molar-refractivity contribution in [1.29, 1.82) is 0 Å². The molecule has 0 saturated heterocycles. The van der Waals surface area contributed by atoms with Crippen molar-refractivity contribution in [2.24, 2.45) is 0 Å². The predicted molar refractivity (Wildman–Crippen MR) is 107 cm³/mol. The maximum atomic E-state index is 12.9. The third-order valence-electron chi connectivity index (χ3n) is 4.37. The van der Waals surface area contributed by atoms with Crippen LogP contribution in [0.1, 0.15) is 28.9 Å². The Labute approximate surface area is 163 Å². The molecule has 0 aliphatic heterocycles. The molecule has 0 bridgehead atoms. The molecular formula is C19H21N5O3S. The quantitative estimate of drug-likeness (QED) is 0.687. The Balaban J connectivity index is 1.76. The number of anilines is 1. The van der Waals surface area contributed by atoms with Gasteiger partial charge in [0.15, 0.2) is 0 Å². The van der Waals surface area contributed by atoms with E-state index in [2.05, 4.69) is 14.8 Å². The number of hydrogen-bond donors (Lipinski definition) is 1. The van der Waals surface area contributed by atoms with Gasteiger partial charge in [0.2, 0.25) is 10.0 Å². The van der Waals surface area contributed by atoms with E-state index in [1.54, 1.807) is 41.2 Å². The van der Waals surface area contributed by atoms with Crippen molar-refractivity contribution in [1.82, 2.24) is 19.7 Å². The van der Waals surface area contributed by atoms with Crippen LogP contribution in [-0.4, -0.2) is 47.3 Å². The Morgan fingerprint density at radius 1 is 1.18 bits per heavy atom. The molecule has 0 saturated carbocycles. The highest BCUT2D eigenvalue weighted by Gasteiger charge is 2.19. The fourth-order valence-electron chi connectivity index (χ4n) is 2.78. The molecule has 3 rings (SSSR count). The number of rotatable bonds is 6. The average Bonchev–Trinajstić information content (AvgIpc) is 3.20. The van der Waals surface area contributed by atoms with E-state index in [1.807, 2.05) is 31.2 Å². The van der Waals surface area contributed by atoms with Gasteiger partial charge in [-0.2, -0.15) is 5.10 Å². The summed E-state index contributed by atoms with van der Waals surface area (Å²) in [5, 5.41) is 4.09. The number of carbonyl (C=O) groups is 1. The largest absolute Gasteiger partial charge is 0.335 e. The summed E-state index contributed by atoms with van der Waals surface area (Å²) in [7, 11) is -1.69. The van der Waals surface area contributed by atoms with E-state index < -0.39 is 10.0 Å². The van der Waals surface area contributed by atoms with Crippen molar-refractivity contribution in [3.8, 4) is 5.69 Å². The van der Waals surface area contributed by atoms with E-state index in [-0.39, 0.29) is 11.9 Å². The Morgan fingerprint density at radius 3 is 2.50 bits per heavy atom. The molecule has 9 heteroatoms. The fourth-order valence-corrected chi connectivity index (χ4v) is 3.34. The van der Waals surface area contributed by atoms with Gasteiger partial charge in [0.05, 0.1) is 18.0 Å². The molecule has 1 aromatic heterocycles. The second-order valence-corrected chi connectivity index (χ2v) is 8.23. The van der Waals surface area contributed by atoms with Gasteiger partial charge in [-0.25, -0.2) is 18.1 Å². The van der Waals surface area contributed by atoms with Crippen LogP contribution in [0.25, 0.3) is 5.69 Å². The molecule has 0 radical (unpaired) electrons. The number of carbonyl (C=O) groups excluding carboxylic acids is 1. The van der Waals surface area contributed by atoms with Crippen molar-refractivity contribution in [3.05, 3.63) is 72.3 Å². The number of amides is 1. The summed E-state index contributed by atoms with van der Waals surface area (Å²) in [6.45, 7) is 1.93. The second kappa shape index (κ2) is 7.81. The van der Waals surface area contributed by atoms with E-state index in [0.29, 0.717) is 11.3 Å². The number of sulfonamides is 1. The molecule has 146 valence electrons. The number of aromatic nitrogens is 3. The molecule has 0 aliphatic carbocycles.